The predicted octanol–water partition coefficient (Wildman–Crippen LogP) is 1.05. The molecule has 0 fully saturated rings. The topological polar surface area (TPSA) is 99.6 Å². The van der Waals surface area contributed by atoms with Gasteiger partial charge in [0.2, 0.25) is 11.2 Å². The van der Waals surface area contributed by atoms with Crippen molar-refractivity contribution >= 4 is 23.4 Å². The summed E-state index contributed by atoms with van der Waals surface area (Å²) in [5, 5.41) is 18.5. The molecule has 2 heterocycles. The number of nitrogens with one attached hydrogen (secondary N) is 2. The molecule has 17 heavy (non-hydrogen) atoms. The van der Waals surface area contributed by atoms with Crippen LogP contribution < -0.4 is 5.32 Å². The predicted molar refractivity (Wildman–Crippen MR) is 62.0 cm³/mol. The lowest BCUT2D eigenvalue weighted by molar-refractivity contribution is 0.276. The van der Waals surface area contributed by atoms with Crippen LogP contribution >= 0.6 is 11.6 Å². The lowest BCUT2D eigenvalue weighted by Gasteiger charge is -2.02. The molecular weight excluding hydrogens is 244 g/mol. The molecule has 0 aromatic carbocycles. The molecular formula is C9H11ClN6O. The summed E-state index contributed by atoms with van der Waals surface area (Å²) in [6.07, 6.45) is 0.666. The summed E-state index contributed by atoms with van der Waals surface area (Å²) >= 11 is 5.76. The van der Waals surface area contributed by atoms with E-state index in [1.807, 2.05) is 6.92 Å². The van der Waals surface area contributed by atoms with Gasteiger partial charge < -0.3 is 10.4 Å². The first-order chi connectivity index (χ1) is 8.21. The first kappa shape index (κ1) is 11.7. The van der Waals surface area contributed by atoms with Gasteiger partial charge in [-0.05, 0) is 11.6 Å². The largest absolute Gasteiger partial charge is 0.390 e. The Hall–Kier alpha value is -1.73. The zero-order valence-corrected chi connectivity index (χ0v) is 9.86. The number of aliphatic hydroxyl groups is 1. The first-order valence-corrected chi connectivity index (χ1v) is 5.41. The molecule has 0 atom stereocenters. The van der Waals surface area contributed by atoms with E-state index in [-0.39, 0.29) is 11.9 Å². The van der Waals surface area contributed by atoms with Gasteiger partial charge in [0.25, 0.3) is 0 Å². The average molecular weight is 255 g/mol. The first-order valence-electron chi connectivity index (χ1n) is 5.04. The Morgan fingerprint density at radius 3 is 2.88 bits per heavy atom. The number of hydrogen-bond donors (Lipinski definition) is 3. The van der Waals surface area contributed by atoms with E-state index >= 15 is 0 Å². The Bertz CT molecular complexity index is 514. The van der Waals surface area contributed by atoms with E-state index in [4.69, 9.17) is 16.7 Å². The molecule has 0 radical (unpaired) electrons. The van der Waals surface area contributed by atoms with Crippen LogP contribution in [0.25, 0.3) is 0 Å². The van der Waals surface area contributed by atoms with Gasteiger partial charge in [0.15, 0.2) is 5.82 Å². The smallest absolute Gasteiger partial charge is 0.232 e. The van der Waals surface area contributed by atoms with E-state index in [1.165, 1.54) is 0 Å². The summed E-state index contributed by atoms with van der Waals surface area (Å²) in [4.78, 5) is 12.0. The highest BCUT2D eigenvalue weighted by Gasteiger charge is 2.06. The Balaban J connectivity index is 2.20. The van der Waals surface area contributed by atoms with E-state index in [0.29, 0.717) is 29.7 Å². The van der Waals surface area contributed by atoms with Crippen molar-refractivity contribution in [3.63, 3.8) is 0 Å². The molecule has 90 valence electrons. The van der Waals surface area contributed by atoms with E-state index < -0.39 is 0 Å². The highest BCUT2D eigenvalue weighted by molar-refractivity contribution is 6.28. The summed E-state index contributed by atoms with van der Waals surface area (Å²) in [7, 11) is 0. The molecule has 3 N–H and O–H groups in total. The van der Waals surface area contributed by atoms with Gasteiger partial charge in [-0.1, -0.05) is 6.92 Å². The number of H-pyrrole nitrogens is 1. The van der Waals surface area contributed by atoms with Crippen molar-refractivity contribution in [3.05, 3.63) is 22.9 Å². The third-order valence-electron chi connectivity index (χ3n) is 2.01. The van der Waals surface area contributed by atoms with Gasteiger partial charge >= 0.3 is 0 Å². The fourth-order valence-corrected chi connectivity index (χ4v) is 1.40. The lowest BCUT2D eigenvalue weighted by Crippen LogP contribution is -2.03. The molecule has 0 spiro atoms. The number of aliphatic hydroxyl groups excluding tert-OH is 1. The van der Waals surface area contributed by atoms with Crippen LogP contribution in [0.4, 0.5) is 11.8 Å². The molecule has 8 heteroatoms. The molecule has 2 aromatic heterocycles. The van der Waals surface area contributed by atoms with Gasteiger partial charge in [-0.3, -0.25) is 5.10 Å². The van der Waals surface area contributed by atoms with Crippen LogP contribution in [0.15, 0.2) is 6.07 Å². The van der Waals surface area contributed by atoms with E-state index in [9.17, 15) is 0 Å². The number of aryl methyl sites for hydroxylation is 1. The molecule has 0 bridgehead atoms. The van der Waals surface area contributed by atoms with Crippen LogP contribution in [0, 0.1) is 0 Å². The van der Waals surface area contributed by atoms with Crippen molar-refractivity contribution in [1.29, 1.82) is 0 Å². The number of aromatic amines is 1. The van der Waals surface area contributed by atoms with E-state index in [1.54, 1.807) is 6.07 Å². The van der Waals surface area contributed by atoms with Crippen LogP contribution in [0.5, 0.6) is 0 Å². The maximum Gasteiger partial charge on any atom is 0.232 e. The van der Waals surface area contributed by atoms with Crippen LogP contribution in [-0.2, 0) is 13.0 Å². The maximum atomic E-state index is 8.88. The highest BCUT2D eigenvalue weighted by Crippen LogP contribution is 2.13. The van der Waals surface area contributed by atoms with Crippen LogP contribution in [0.3, 0.4) is 0 Å². The molecule has 2 aromatic rings. The normalized spacial score (nSPS) is 10.5. The van der Waals surface area contributed by atoms with Gasteiger partial charge in [0.1, 0.15) is 5.82 Å². The fraction of sp³-hybridized carbons (Fsp3) is 0.333. The van der Waals surface area contributed by atoms with Crippen LogP contribution in [0.2, 0.25) is 5.28 Å². The zero-order chi connectivity index (χ0) is 12.3. The summed E-state index contributed by atoms with van der Waals surface area (Å²) in [6, 6.07) is 1.66. The van der Waals surface area contributed by atoms with Gasteiger partial charge in [-0.15, -0.1) is 0 Å². The Morgan fingerprint density at radius 1 is 1.41 bits per heavy atom. The van der Waals surface area contributed by atoms with Crippen molar-refractivity contribution < 1.29 is 5.11 Å². The van der Waals surface area contributed by atoms with Gasteiger partial charge in [-0.2, -0.15) is 15.1 Å². The number of nitrogens with zero attached hydrogens (tertiary/aromatic N) is 4. The number of halogens is 1. The second-order valence-electron chi connectivity index (χ2n) is 3.26. The average Bonchev–Trinajstić information content (AvgIpc) is 2.76. The molecule has 0 saturated heterocycles. The molecule has 0 aliphatic heterocycles. The Labute approximate surface area is 102 Å². The molecule has 0 amide bonds. The van der Waals surface area contributed by atoms with Crippen molar-refractivity contribution in [1.82, 2.24) is 25.1 Å². The summed E-state index contributed by atoms with van der Waals surface area (Å²) < 4.78 is 0. The SMILES string of the molecule is CCc1nc(Cl)nc(Nc2cc(CO)[nH]n2)n1. The minimum absolute atomic E-state index is 0.104. The minimum Gasteiger partial charge on any atom is -0.390 e. The number of aromatic nitrogens is 5. The molecule has 0 saturated carbocycles. The summed E-state index contributed by atoms with van der Waals surface area (Å²) in [6.45, 7) is 1.82. The standard InChI is InChI=1S/C9H11ClN6O/c1-2-6-11-8(10)14-9(12-6)13-7-3-5(4-17)15-16-7/h3,17H,2,4H2,1H3,(H2,11,12,13,14,15,16). The second kappa shape index (κ2) is 5.07. The Kier molecular flexibility index (Phi) is 3.50. The maximum absolute atomic E-state index is 8.88. The molecule has 2 rings (SSSR count). The minimum atomic E-state index is -0.104. The van der Waals surface area contributed by atoms with Gasteiger partial charge in [0.05, 0.1) is 12.3 Å². The number of hydrogen-bond acceptors (Lipinski definition) is 6. The zero-order valence-electron chi connectivity index (χ0n) is 9.11. The van der Waals surface area contributed by atoms with E-state index in [0.717, 1.165) is 0 Å². The molecule has 0 aliphatic rings. The van der Waals surface area contributed by atoms with Crippen LogP contribution in [0.1, 0.15) is 18.4 Å². The highest BCUT2D eigenvalue weighted by atomic mass is 35.5. The lowest BCUT2D eigenvalue weighted by atomic mass is 10.4. The van der Waals surface area contributed by atoms with Gasteiger partial charge in [0, 0.05) is 12.5 Å². The Morgan fingerprint density at radius 2 is 2.24 bits per heavy atom. The quantitative estimate of drug-likeness (QED) is 0.754. The molecule has 7 nitrogen and oxygen atoms in total. The monoisotopic (exact) mass is 254 g/mol. The van der Waals surface area contributed by atoms with E-state index in [2.05, 4.69) is 30.5 Å². The fourth-order valence-electron chi connectivity index (χ4n) is 1.23. The molecule has 0 unspecified atom stereocenters. The van der Waals surface area contributed by atoms with Crippen molar-refractivity contribution in [2.75, 3.05) is 5.32 Å². The summed E-state index contributed by atoms with van der Waals surface area (Å²) in [5.41, 5.74) is 0.600. The van der Waals surface area contributed by atoms with Crippen LogP contribution in [-0.4, -0.2) is 30.3 Å². The van der Waals surface area contributed by atoms with Gasteiger partial charge in [-0.25, -0.2) is 4.98 Å². The number of anilines is 2. The third-order valence-corrected chi connectivity index (χ3v) is 2.18. The van der Waals surface area contributed by atoms with Crippen molar-refractivity contribution in [3.8, 4) is 0 Å². The number of rotatable bonds is 4. The van der Waals surface area contributed by atoms with Crippen molar-refractivity contribution in [2.24, 2.45) is 0 Å². The molecule has 0 aliphatic carbocycles. The second-order valence-corrected chi connectivity index (χ2v) is 3.60. The van der Waals surface area contributed by atoms with Crippen molar-refractivity contribution in [2.45, 2.75) is 20.0 Å². The summed E-state index contributed by atoms with van der Waals surface area (Å²) in [5.74, 6) is 1.45. The third kappa shape index (κ3) is 2.89.